The number of nitrogens with two attached hydrogens (primary N) is 1. The van der Waals surface area contributed by atoms with Crippen molar-refractivity contribution < 1.29 is 14.3 Å². The molecule has 3 aromatic rings. The Morgan fingerprint density at radius 2 is 1.82 bits per heavy atom. The number of para-hydroxylation sites is 1. The Bertz CT molecular complexity index is 1340. The number of rotatable bonds is 4. The van der Waals surface area contributed by atoms with Gasteiger partial charge in [0, 0.05) is 36.6 Å². The second-order valence-corrected chi connectivity index (χ2v) is 8.14. The van der Waals surface area contributed by atoms with Crippen molar-refractivity contribution in [2.24, 2.45) is 15.7 Å². The molecule has 2 aliphatic heterocycles. The van der Waals surface area contributed by atoms with Gasteiger partial charge in [0.05, 0.1) is 35.9 Å². The van der Waals surface area contributed by atoms with E-state index in [0.29, 0.717) is 43.3 Å². The van der Waals surface area contributed by atoms with Gasteiger partial charge in [-0.05, 0) is 12.1 Å². The van der Waals surface area contributed by atoms with Gasteiger partial charge in [0.25, 0.3) is 11.9 Å². The Labute approximate surface area is 221 Å². The molecular formula is C28H31N7O3. The highest BCUT2D eigenvalue weighted by molar-refractivity contribution is 6.19. The Morgan fingerprint density at radius 3 is 2.58 bits per heavy atom. The van der Waals surface area contributed by atoms with Gasteiger partial charge < -0.3 is 25.4 Å². The Hall–Kier alpha value is -4.57. The minimum atomic E-state index is -1.20. The number of anilines is 2. The average molecular weight is 514 g/mol. The van der Waals surface area contributed by atoms with Crippen molar-refractivity contribution >= 4 is 34.9 Å². The van der Waals surface area contributed by atoms with E-state index in [4.69, 9.17) is 20.6 Å². The molecule has 10 nitrogen and oxygen atoms in total. The lowest BCUT2D eigenvalue weighted by Gasteiger charge is -2.30. The minimum Gasteiger partial charge on any atom is -0.407 e. The number of nitrogens with one attached hydrogen (secondary N) is 2. The summed E-state index contributed by atoms with van der Waals surface area (Å²) in [4.78, 5) is 28.1. The Balaban J connectivity index is 0.00000164. The van der Waals surface area contributed by atoms with Crippen molar-refractivity contribution in [1.29, 1.82) is 5.41 Å². The molecule has 5 rings (SSSR count). The Morgan fingerprint density at radius 1 is 1.11 bits per heavy atom. The van der Waals surface area contributed by atoms with Crippen molar-refractivity contribution in [3.8, 4) is 0 Å². The SMILES string of the molecule is CC.N=C(O/C(N)=N/C1N=C(c2ccccc2)c2ccccc2NC1=O)c1cnccc1N1CCOCC1. The molecule has 1 fully saturated rings. The lowest BCUT2D eigenvalue weighted by Crippen LogP contribution is -2.37. The number of hydrogen-bond acceptors (Lipinski definition) is 8. The number of benzene rings is 2. The summed E-state index contributed by atoms with van der Waals surface area (Å²) in [5, 5.41) is 11.4. The fraction of sp³-hybridized carbons (Fsp3) is 0.250. The van der Waals surface area contributed by atoms with Crippen LogP contribution >= 0.6 is 0 Å². The number of ether oxygens (including phenoxy) is 2. The van der Waals surface area contributed by atoms with E-state index in [1.54, 1.807) is 12.4 Å². The van der Waals surface area contributed by atoms with Gasteiger partial charge in [0.2, 0.25) is 12.1 Å². The van der Waals surface area contributed by atoms with Gasteiger partial charge in [-0.3, -0.25) is 15.2 Å². The number of aliphatic imine (C=N–C) groups is 2. The van der Waals surface area contributed by atoms with E-state index >= 15 is 0 Å². The van der Waals surface area contributed by atoms with Crippen LogP contribution in [0.3, 0.4) is 0 Å². The fourth-order valence-corrected chi connectivity index (χ4v) is 4.11. The lowest BCUT2D eigenvalue weighted by molar-refractivity contribution is -0.117. The monoisotopic (exact) mass is 513 g/mol. The maximum absolute atomic E-state index is 13.0. The summed E-state index contributed by atoms with van der Waals surface area (Å²) >= 11 is 0. The molecule has 3 heterocycles. The largest absolute Gasteiger partial charge is 0.407 e. The van der Waals surface area contributed by atoms with E-state index in [-0.39, 0.29) is 11.9 Å². The summed E-state index contributed by atoms with van der Waals surface area (Å²) in [5.41, 5.74) is 10.1. The standard InChI is InChI=1S/C26H25N7O3.C2H6/c27-23(19-16-29-11-10-21(19)33-12-14-35-15-13-33)36-26(28)32-24-25(34)30-20-9-5-4-8-18(20)22(31-24)17-6-2-1-3-7-17;1-2/h1-11,16,24,27H,12-15H2,(H2,28,32)(H,30,34);1-2H3. The molecule has 2 aliphatic rings. The highest BCUT2D eigenvalue weighted by atomic mass is 16.5. The first-order valence-electron chi connectivity index (χ1n) is 12.5. The third-order valence-electron chi connectivity index (χ3n) is 5.82. The number of amides is 1. The molecule has 38 heavy (non-hydrogen) atoms. The van der Waals surface area contributed by atoms with E-state index in [0.717, 1.165) is 16.8 Å². The van der Waals surface area contributed by atoms with Crippen LogP contribution in [-0.2, 0) is 14.3 Å². The first kappa shape index (κ1) is 26.5. The van der Waals surface area contributed by atoms with Crippen molar-refractivity contribution in [3.63, 3.8) is 0 Å². The van der Waals surface area contributed by atoms with Crippen molar-refractivity contribution in [2.45, 2.75) is 20.0 Å². The average Bonchev–Trinajstić information content (AvgIpc) is 3.11. The quantitative estimate of drug-likeness (QED) is 0.361. The highest BCUT2D eigenvalue weighted by Gasteiger charge is 2.26. The Kier molecular flexibility index (Phi) is 8.78. The molecule has 0 saturated carbocycles. The van der Waals surface area contributed by atoms with Crippen LogP contribution in [0.5, 0.6) is 0 Å². The number of carbonyl (C=O) groups excluding carboxylic acids is 1. The van der Waals surface area contributed by atoms with Gasteiger partial charge in [-0.15, -0.1) is 0 Å². The molecule has 2 aromatic carbocycles. The molecular weight excluding hydrogens is 482 g/mol. The maximum Gasteiger partial charge on any atom is 0.291 e. The number of amidine groups is 1. The molecule has 1 unspecified atom stereocenters. The van der Waals surface area contributed by atoms with Crippen LogP contribution in [0, 0.1) is 5.41 Å². The summed E-state index contributed by atoms with van der Waals surface area (Å²) in [6.07, 6.45) is 2.00. The molecule has 0 radical (unpaired) electrons. The number of pyridine rings is 1. The summed E-state index contributed by atoms with van der Waals surface area (Å²) in [7, 11) is 0. The summed E-state index contributed by atoms with van der Waals surface area (Å²) in [5.74, 6) is -0.683. The molecule has 1 amide bonds. The van der Waals surface area contributed by atoms with E-state index < -0.39 is 12.1 Å². The molecule has 1 saturated heterocycles. The third kappa shape index (κ3) is 6.04. The highest BCUT2D eigenvalue weighted by Crippen LogP contribution is 2.25. The van der Waals surface area contributed by atoms with Crippen LogP contribution in [0.15, 0.2) is 83.0 Å². The number of hydrogen-bond donors (Lipinski definition) is 3. The van der Waals surface area contributed by atoms with Crippen molar-refractivity contribution in [1.82, 2.24) is 4.98 Å². The number of morpholine rings is 1. The molecule has 1 aromatic heterocycles. The van der Waals surface area contributed by atoms with Crippen LogP contribution in [0.2, 0.25) is 0 Å². The van der Waals surface area contributed by atoms with Crippen molar-refractivity contribution in [3.05, 3.63) is 89.7 Å². The first-order valence-corrected chi connectivity index (χ1v) is 12.5. The number of carbonyl (C=O) groups is 1. The van der Waals surface area contributed by atoms with Crippen LogP contribution in [0.25, 0.3) is 0 Å². The predicted octanol–water partition coefficient (Wildman–Crippen LogP) is 3.42. The number of aromatic nitrogens is 1. The van der Waals surface area contributed by atoms with Gasteiger partial charge in [-0.25, -0.2) is 4.99 Å². The zero-order chi connectivity index (χ0) is 26.9. The lowest BCUT2D eigenvalue weighted by atomic mass is 10.0. The predicted molar refractivity (Wildman–Crippen MR) is 149 cm³/mol. The molecule has 4 N–H and O–H groups in total. The smallest absolute Gasteiger partial charge is 0.291 e. The topological polar surface area (TPSA) is 138 Å². The van der Waals surface area contributed by atoms with Crippen LogP contribution in [0.4, 0.5) is 11.4 Å². The molecule has 0 bridgehead atoms. The van der Waals surface area contributed by atoms with E-state index in [9.17, 15) is 4.79 Å². The second kappa shape index (κ2) is 12.6. The minimum absolute atomic E-state index is 0.226. The molecule has 1 atom stereocenters. The fourth-order valence-electron chi connectivity index (χ4n) is 4.11. The van der Waals surface area contributed by atoms with Crippen LogP contribution in [-0.4, -0.2) is 61.0 Å². The van der Waals surface area contributed by atoms with Crippen molar-refractivity contribution in [2.75, 3.05) is 36.5 Å². The summed E-state index contributed by atoms with van der Waals surface area (Å²) < 4.78 is 11.0. The molecule has 10 heteroatoms. The van der Waals surface area contributed by atoms with Gasteiger partial charge in [-0.2, -0.15) is 4.99 Å². The molecule has 0 spiro atoms. The van der Waals surface area contributed by atoms with Crippen LogP contribution < -0.4 is 16.0 Å². The summed E-state index contributed by atoms with van der Waals surface area (Å²) in [6, 6.07) is 18.4. The van der Waals surface area contributed by atoms with Crippen LogP contribution in [0.1, 0.15) is 30.5 Å². The number of benzodiazepines with no additional fused rings is 1. The maximum atomic E-state index is 13.0. The van der Waals surface area contributed by atoms with E-state index in [1.807, 2.05) is 74.5 Å². The van der Waals surface area contributed by atoms with Gasteiger partial charge in [0.1, 0.15) is 0 Å². The normalized spacial score (nSPS) is 17.2. The molecule has 196 valence electrons. The van der Waals surface area contributed by atoms with Gasteiger partial charge >= 0.3 is 0 Å². The van der Waals surface area contributed by atoms with Gasteiger partial charge in [0.15, 0.2) is 0 Å². The molecule has 0 aliphatic carbocycles. The summed E-state index contributed by atoms with van der Waals surface area (Å²) in [6.45, 7) is 6.57. The van der Waals surface area contributed by atoms with E-state index in [2.05, 4.69) is 25.2 Å². The van der Waals surface area contributed by atoms with E-state index in [1.165, 1.54) is 0 Å². The number of fused-ring (bicyclic) bond motifs is 1. The van der Waals surface area contributed by atoms with Gasteiger partial charge in [-0.1, -0.05) is 62.4 Å². The zero-order valence-corrected chi connectivity index (χ0v) is 21.4. The first-order chi connectivity index (χ1) is 18.6. The number of nitrogens with zero attached hydrogens (tertiary/aromatic N) is 4. The second-order valence-electron chi connectivity index (χ2n) is 8.14. The zero-order valence-electron chi connectivity index (χ0n) is 21.4. The third-order valence-corrected chi connectivity index (χ3v) is 5.82.